The lowest BCUT2D eigenvalue weighted by Crippen LogP contribution is -2.34. The summed E-state index contributed by atoms with van der Waals surface area (Å²) in [5.74, 6) is 0.0825. The molecule has 1 aliphatic carbocycles. The van der Waals surface area contributed by atoms with Crippen LogP contribution in [0.3, 0.4) is 0 Å². The Morgan fingerprint density at radius 3 is 3.27 bits per heavy atom. The highest BCUT2D eigenvalue weighted by molar-refractivity contribution is 9.10. The third kappa shape index (κ3) is 2.42. The van der Waals surface area contributed by atoms with Crippen LogP contribution in [0.2, 0.25) is 0 Å². The SMILES string of the molecule is CC(Br)C(=O)NC1CCCc2sccc21. The molecular formula is C11H14BrNOS. The summed E-state index contributed by atoms with van der Waals surface area (Å²) in [6.45, 7) is 1.85. The summed E-state index contributed by atoms with van der Waals surface area (Å²) < 4.78 is 0. The number of alkyl halides is 1. The molecule has 1 amide bonds. The summed E-state index contributed by atoms with van der Waals surface area (Å²) in [5.41, 5.74) is 1.33. The number of hydrogen-bond acceptors (Lipinski definition) is 2. The van der Waals surface area contributed by atoms with Gasteiger partial charge in [-0.2, -0.15) is 0 Å². The highest BCUT2D eigenvalue weighted by Crippen LogP contribution is 2.33. The van der Waals surface area contributed by atoms with E-state index in [1.54, 1.807) is 11.3 Å². The number of halogens is 1. The van der Waals surface area contributed by atoms with Gasteiger partial charge in [0.05, 0.1) is 10.9 Å². The minimum atomic E-state index is -0.110. The molecule has 2 unspecified atom stereocenters. The van der Waals surface area contributed by atoms with Gasteiger partial charge in [-0.15, -0.1) is 11.3 Å². The lowest BCUT2D eigenvalue weighted by molar-refractivity contribution is -0.121. The minimum Gasteiger partial charge on any atom is -0.348 e. The van der Waals surface area contributed by atoms with E-state index in [1.807, 2.05) is 6.92 Å². The second kappa shape index (κ2) is 4.66. The van der Waals surface area contributed by atoms with Crippen molar-refractivity contribution in [1.82, 2.24) is 5.32 Å². The van der Waals surface area contributed by atoms with E-state index in [9.17, 15) is 4.79 Å². The quantitative estimate of drug-likeness (QED) is 0.833. The van der Waals surface area contributed by atoms with E-state index >= 15 is 0 Å². The zero-order valence-electron chi connectivity index (χ0n) is 8.63. The Balaban J connectivity index is 2.10. The fraction of sp³-hybridized carbons (Fsp3) is 0.545. The van der Waals surface area contributed by atoms with Crippen LogP contribution >= 0.6 is 27.3 Å². The topological polar surface area (TPSA) is 29.1 Å². The highest BCUT2D eigenvalue weighted by Gasteiger charge is 2.23. The molecule has 1 aromatic rings. The second-order valence-electron chi connectivity index (χ2n) is 3.87. The predicted octanol–water partition coefficient (Wildman–Crippen LogP) is 3.03. The molecule has 2 atom stereocenters. The smallest absolute Gasteiger partial charge is 0.233 e. The Morgan fingerprint density at radius 2 is 2.53 bits per heavy atom. The summed E-state index contributed by atoms with van der Waals surface area (Å²) in [6, 6.07) is 2.37. The lowest BCUT2D eigenvalue weighted by atomic mass is 9.94. The molecule has 4 heteroatoms. The maximum atomic E-state index is 11.6. The molecule has 0 fully saturated rings. The Labute approximate surface area is 102 Å². The van der Waals surface area contributed by atoms with Crippen molar-refractivity contribution in [1.29, 1.82) is 0 Å². The van der Waals surface area contributed by atoms with Gasteiger partial charge in [-0.25, -0.2) is 0 Å². The van der Waals surface area contributed by atoms with Crippen LogP contribution in [0.5, 0.6) is 0 Å². The summed E-state index contributed by atoms with van der Waals surface area (Å²) in [6.07, 6.45) is 3.41. The van der Waals surface area contributed by atoms with Crippen LogP contribution in [0, 0.1) is 0 Å². The van der Waals surface area contributed by atoms with Gasteiger partial charge in [0.25, 0.3) is 0 Å². The molecule has 1 N–H and O–H groups in total. The van der Waals surface area contributed by atoms with E-state index < -0.39 is 0 Å². The summed E-state index contributed by atoms with van der Waals surface area (Å²) in [4.78, 5) is 12.9. The average molecular weight is 288 g/mol. The molecule has 0 aromatic carbocycles. The molecule has 0 spiro atoms. The van der Waals surface area contributed by atoms with Gasteiger partial charge in [0.1, 0.15) is 0 Å². The first-order chi connectivity index (χ1) is 7.18. The predicted molar refractivity (Wildman–Crippen MR) is 66.5 cm³/mol. The van der Waals surface area contributed by atoms with Crippen LogP contribution in [0.1, 0.15) is 36.2 Å². The Morgan fingerprint density at radius 1 is 1.73 bits per heavy atom. The van der Waals surface area contributed by atoms with Crippen LogP contribution in [-0.2, 0) is 11.2 Å². The van der Waals surface area contributed by atoms with Crippen molar-refractivity contribution < 1.29 is 4.79 Å². The van der Waals surface area contributed by atoms with Gasteiger partial charge < -0.3 is 5.32 Å². The Kier molecular flexibility index (Phi) is 3.46. The third-order valence-electron chi connectivity index (χ3n) is 2.73. The van der Waals surface area contributed by atoms with Crippen molar-refractivity contribution in [2.75, 3.05) is 0 Å². The molecule has 0 saturated carbocycles. The largest absolute Gasteiger partial charge is 0.348 e. The Bertz CT molecular complexity index is 361. The molecule has 0 aliphatic heterocycles. The van der Waals surface area contributed by atoms with Gasteiger partial charge in [-0.3, -0.25) is 4.79 Å². The number of rotatable bonds is 2. The summed E-state index contributed by atoms with van der Waals surface area (Å²) in [5, 5.41) is 5.20. The first-order valence-electron chi connectivity index (χ1n) is 5.19. The van der Waals surface area contributed by atoms with E-state index in [-0.39, 0.29) is 16.8 Å². The van der Waals surface area contributed by atoms with Crippen molar-refractivity contribution in [2.45, 2.75) is 37.1 Å². The third-order valence-corrected chi connectivity index (χ3v) is 4.14. The molecule has 1 heterocycles. The van der Waals surface area contributed by atoms with Gasteiger partial charge in [0.15, 0.2) is 0 Å². The molecule has 1 aliphatic rings. The normalized spacial score (nSPS) is 21.9. The highest BCUT2D eigenvalue weighted by atomic mass is 79.9. The zero-order chi connectivity index (χ0) is 10.8. The minimum absolute atomic E-state index is 0.0825. The van der Waals surface area contributed by atoms with Gasteiger partial charge >= 0.3 is 0 Å². The first kappa shape index (κ1) is 11.1. The van der Waals surface area contributed by atoms with Crippen molar-refractivity contribution in [3.05, 3.63) is 21.9 Å². The van der Waals surface area contributed by atoms with E-state index in [4.69, 9.17) is 0 Å². The Hall–Kier alpha value is -0.350. The van der Waals surface area contributed by atoms with Gasteiger partial charge in [0.2, 0.25) is 5.91 Å². The number of aryl methyl sites for hydroxylation is 1. The monoisotopic (exact) mass is 287 g/mol. The van der Waals surface area contributed by atoms with Gasteiger partial charge in [-0.05, 0) is 43.2 Å². The van der Waals surface area contributed by atoms with E-state index in [1.165, 1.54) is 23.3 Å². The fourth-order valence-electron chi connectivity index (χ4n) is 1.92. The number of fused-ring (bicyclic) bond motifs is 1. The van der Waals surface area contributed by atoms with Gasteiger partial charge in [0, 0.05) is 4.88 Å². The zero-order valence-corrected chi connectivity index (χ0v) is 11.0. The van der Waals surface area contributed by atoms with E-state index in [2.05, 4.69) is 32.7 Å². The summed E-state index contributed by atoms with van der Waals surface area (Å²) >= 11 is 5.09. The molecule has 2 nitrogen and oxygen atoms in total. The maximum absolute atomic E-state index is 11.6. The molecular weight excluding hydrogens is 274 g/mol. The van der Waals surface area contributed by atoms with Crippen LogP contribution in [0.4, 0.5) is 0 Å². The van der Waals surface area contributed by atoms with Crippen molar-refractivity contribution in [3.8, 4) is 0 Å². The number of hydrogen-bond donors (Lipinski definition) is 1. The molecule has 0 saturated heterocycles. The first-order valence-corrected chi connectivity index (χ1v) is 6.98. The van der Waals surface area contributed by atoms with Crippen LogP contribution < -0.4 is 5.32 Å². The number of carbonyl (C=O) groups is 1. The number of carbonyl (C=O) groups excluding carboxylic acids is 1. The fourth-order valence-corrected chi connectivity index (χ4v) is 3.04. The number of nitrogens with one attached hydrogen (secondary N) is 1. The molecule has 15 heavy (non-hydrogen) atoms. The molecule has 1 aromatic heterocycles. The van der Waals surface area contributed by atoms with Crippen LogP contribution in [-0.4, -0.2) is 10.7 Å². The van der Waals surface area contributed by atoms with E-state index in [0.717, 1.165) is 6.42 Å². The summed E-state index contributed by atoms with van der Waals surface area (Å²) in [7, 11) is 0. The molecule has 82 valence electrons. The van der Waals surface area contributed by atoms with E-state index in [0.29, 0.717) is 0 Å². The van der Waals surface area contributed by atoms with Crippen molar-refractivity contribution in [3.63, 3.8) is 0 Å². The molecule has 0 radical (unpaired) electrons. The van der Waals surface area contributed by atoms with Crippen LogP contribution in [0.15, 0.2) is 11.4 Å². The number of amides is 1. The second-order valence-corrected chi connectivity index (χ2v) is 6.24. The van der Waals surface area contributed by atoms with Crippen molar-refractivity contribution >= 4 is 33.2 Å². The molecule has 2 rings (SSSR count). The molecule has 0 bridgehead atoms. The maximum Gasteiger partial charge on any atom is 0.233 e. The van der Waals surface area contributed by atoms with Crippen molar-refractivity contribution in [2.24, 2.45) is 0 Å². The lowest BCUT2D eigenvalue weighted by Gasteiger charge is -2.24. The van der Waals surface area contributed by atoms with Gasteiger partial charge in [-0.1, -0.05) is 15.9 Å². The van der Waals surface area contributed by atoms with Crippen LogP contribution in [0.25, 0.3) is 0 Å². The number of thiophene rings is 1. The average Bonchev–Trinajstić information content (AvgIpc) is 2.66. The standard InChI is InChI=1S/C11H14BrNOS/c1-7(12)11(14)13-9-3-2-4-10-8(9)5-6-15-10/h5-7,9H,2-4H2,1H3,(H,13,14).